The zero-order valence-electron chi connectivity index (χ0n) is 11.0. The molecule has 0 aromatic carbocycles. The molecule has 1 saturated heterocycles. The number of nitrogens with one attached hydrogen (secondary N) is 2. The normalized spacial score (nSPS) is 17.8. The number of hydrogen-bond acceptors (Lipinski definition) is 4. The topological polar surface area (TPSA) is 85.4 Å². The second kappa shape index (κ2) is 5.54. The number of amides is 2. The van der Waals surface area contributed by atoms with Crippen LogP contribution in [-0.2, 0) is 4.79 Å². The second-order valence-electron chi connectivity index (χ2n) is 5.08. The summed E-state index contributed by atoms with van der Waals surface area (Å²) in [6.45, 7) is 3.14. The Kier molecular flexibility index (Phi) is 4.01. The SMILES string of the molecule is CCCC1(O)CN(CC(=O)NC(=O)c2ccc[nH]2)C1. The van der Waals surface area contributed by atoms with Crippen molar-refractivity contribution in [1.82, 2.24) is 15.2 Å². The summed E-state index contributed by atoms with van der Waals surface area (Å²) in [5.41, 5.74) is -0.294. The number of imide groups is 1. The Morgan fingerprint density at radius 2 is 2.26 bits per heavy atom. The van der Waals surface area contributed by atoms with E-state index >= 15 is 0 Å². The van der Waals surface area contributed by atoms with Gasteiger partial charge in [0.15, 0.2) is 0 Å². The number of aromatic nitrogens is 1. The molecule has 0 bridgehead atoms. The van der Waals surface area contributed by atoms with Gasteiger partial charge in [0, 0.05) is 19.3 Å². The zero-order chi connectivity index (χ0) is 13.9. The first kappa shape index (κ1) is 13.8. The fourth-order valence-corrected chi connectivity index (χ4v) is 2.43. The Bertz CT molecular complexity index is 450. The van der Waals surface area contributed by atoms with E-state index in [0.29, 0.717) is 18.8 Å². The van der Waals surface area contributed by atoms with Crippen molar-refractivity contribution in [2.24, 2.45) is 0 Å². The molecule has 2 amide bonds. The highest BCUT2D eigenvalue weighted by molar-refractivity contribution is 6.04. The molecule has 19 heavy (non-hydrogen) atoms. The van der Waals surface area contributed by atoms with Crippen molar-refractivity contribution in [3.63, 3.8) is 0 Å². The third-order valence-corrected chi connectivity index (χ3v) is 3.21. The third-order valence-electron chi connectivity index (χ3n) is 3.21. The Labute approximate surface area is 111 Å². The largest absolute Gasteiger partial charge is 0.387 e. The average molecular weight is 265 g/mol. The van der Waals surface area contributed by atoms with Gasteiger partial charge in [0.2, 0.25) is 5.91 Å². The van der Waals surface area contributed by atoms with Gasteiger partial charge < -0.3 is 10.1 Å². The lowest BCUT2D eigenvalue weighted by Crippen LogP contribution is -2.63. The number of nitrogens with zero attached hydrogens (tertiary/aromatic N) is 1. The average Bonchev–Trinajstić information content (AvgIpc) is 2.80. The van der Waals surface area contributed by atoms with E-state index in [9.17, 15) is 14.7 Å². The summed E-state index contributed by atoms with van der Waals surface area (Å²) in [4.78, 5) is 27.8. The highest BCUT2D eigenvalue weighted by Crippen LogP contribution is 2.24. The first-order valence-electron chi connectivity index (χ1n) is 6.45. The number of carbonyl (C=O) groups is 2. The van der Waals surface area contributed by atoms with Gasteiger partial charge in [-0.2, -0.15) is 0 Å². The highest BCUT2D eigenvalue weighted by Gasteiger charge is 2.40. The Balaban J connectivity index is 1.73. The van der Waals surface area contributed by atoms with Crippen LogP contribution < -0.4 is 5.32 Å². The molecule has 2 heterocycles. The smallest absolute Gasteiger partial charge is 0.274 e. The quantitative estimate of drug-likeness (QED) is 0.706. The lowest BCUT2D eigenvalue weighted by atomic mass is 9.89. The number of β-amino-alcohol motifs (C(OH)–C–C–N with tert-alkyl or cyclic N) is 1. The molecular formula is C13H19N3O3. The van der Waals surface area contributed by atoms with Gasteiger partial charge in [-0.25, -0.2) is 0 Å². The van der Waals surface area contributed by atoms with E-state index in [1.54, 1.807) is 18.3 Å². The fraction of sp³-hybridized carbons (Fsp3) is 0.538. The van der Waals surface area contributed by atoms with Crippen LogP contribution in [0.3, 0.4) is 0 Å². The monoisotopic (exact) mass is 265 g/mol. The molecule has 104 valence electrons. The van der Waals surface area contributed by atoms with Crippen molar-refractivity contribution in [1.29, 1.82) is 0 Å². The number of aliphatic hydroxyl groups is 1. The summed E-state index contributed by atoms with van der Waals surface area (Å²) < 4.78 is 0. The predicted octanol–water partition coefficient (Wildman–Crippen LogP) is 0.118. The molecule has 6 heteroatoms. The van der Waals surface area contributed by atoms with E-state index in [4.69, 9.17) is 0 Å². The minimum atomic E-state index is -0.654. The first-order valence-corrected chi connectivity index (χ1v) is 6.45. The van der Waals surface area contributed by atoms with Gasteiger partial charge in [0.05, 0.1) is 12.1 Å². The summed E-state index contributed by atoms with van der Waals surface area (Å²) in [6, 6.07) is 3.30. The van der Waals surface area contributed by atoms with Crippen molar-refractivity contribution in [3.8, 4) is 0 Å². The van der Waals surface area contributed by atoms with Gasteiger partial charge in [-0.05, 0) is 18.6 Å². The summed E-state index contributed by atoms with van der Waals surface area (Å²) >= 11 is 0. The standard InChI is InChI=1S/C13H19N3O3/c1-2-5-13(19)8-16(9-13)7-11(17)15-12(18)10-4-3-6-14-10/h3-4,6,14,19H,2,5,7-9H2,1H3,(H,15,17,18). The number of carbonyl (C=O) groups excluding carboxylic acids is 2. The summed E-state index contributed by atoms with van der Waals surface area (Å²) in [7, 11) is 0. The number of rotatable bonds is 5. The molecule has 2 rings (SSSR count). The van der Waals surface area contributed by atoms with Gasteiger partial charge in [-0.3, -0.25) is 19.8 Å². The number of hydrogen-bond donors (Lipinski definition) is 3. The van der Waals surface area contributed by atoms with Crippen LogP contribution >= 0.6 is 0 Å². The molecule has 0 saturated carbocycles. The molecular weight excluding hydrogens is 246 g/mol. The molecule has 3 N–H and O–H groups in total. The zero-order valence-corrected chi connectivity index (χ0v) is 11.0. The molecule has 0 aliphatic carbocycles. The van der Waals surface area contributed by atoms with Crippen LogP contribution in [0.2, 0.25) is 0 Å². The van der Waals surface area contributed by atoms with Crippen LogP contribution in [-0.4, -0.2) is 52.0 Å². The number of aromatic amines is 1. The van der Waals surface area contributed by atoms with E-state index in [-0.39, 0.29) is 12.5 Å². The molecule has 1 aromatic rings. The first-order chi connectivity index (χ1) is 9.02. The van der Waals surface area contributed by atoms with Crippen LogP contribution in [0.25, 0.3) is 0 Å². The molecule has 0 unspecified atom stereocenters. The molecule has 1 fully saturated rings. The molecule has 1 aromatic heterocycles. The van der Waals surface area contributed by atoms with Crippen molar-refractivity contribution in [2.75, 3.05) is 19.6 Å². The third kappa shape index (κ3) is 3.42. The number of likely N-dealkylation sites (tertiary alicyclic amines) is 1. The molecule has 1 aliphatic heterocycles. The maximum absolute atomic E-state index is 11.7. The van der Waals surface area contributed by atoms with Gasteiger partial charge in [0.1, 0.15) is 5.69 Å². The highest BCUT2D eigenvalue weighted by atomic mass is 16.3. The van der Waals surface area contributed by atoms with Gasteiger partial charge in [0.25, 0.3) is 5.91 Å². The molecule has 0 atom stereocenters. The van der Waals surface area contributed by atoms with Crippen LogP contribution in [0.4, 0.5) is 0 Å². The Morgan fingerprint density at radius 1 is 1.53 bits per heavy atom. The lowest BCUT2D eigenvalue weighted by molar-refractivity contribution is -0.132. The van der Waals surface area contributed by atoms with Gasteiger partial charge in [-0.1, -0.05) is 13.3 Å². The summed E-state index contributed by atoms with van der Waals surface area (Å²) in [6.07, 6.45) is 3.29. The molecule has 6 nitrogen and oxygen atoms in total. The van der Waals surface area contributed by atoms with Gasteiger partial charge in [-0.15, -0.1) is 0 Å². The van der Waals surface area contributed by atoms with Crippen molar-refractivity contribution in [3.05, 3.63) is 24.0 Å². The molecule has 1 aliphatic rings. The van der Waals surface area contributed by atoms with Gasteiger partial charge >= 0.3 is 0 Å². The van der Waals surface area contributed by atoms with Crippen LogP contribution in [0.1, 0.15) is 30.3 Å². The molecule has 0 radical (unpaired) electrons. The van der Waals surface area contributed by atoms with E-state index in [2.05, 4.69) is 10.3 Å². The van der Waals surface area contributed by atoms with E-state index in [1.165, 1.54) is 0 Å². The maximum Gasteiger partial charge on any atom is 0.274 e. The fourth-order valence-electron chi connectivity index (χ4n) is 2.43. The summed E-state index contributed by atoms with van der Waals surface area (Å²) in [5.74, 6) is -0.780. The van der Waals surface area contributed by atoms with Crippen LogP contribution in [0, 0.1) is 0 Å². The molecule has 0 spiro atoms. The van der Waals surface area contributed by atoms with Crippen LogP contribution in [0.15, 0.2) is 18.3 Å². The number of H-pyrrole nitrogens is 1. The van der Waals surface area contributed by atoms with Crippen molar-refractivity contribution < 1.29 is 14.7 Å². The lowest BCUT2D eigenvalue weighted by Gasteiger charge is -2.46. The Hall–Kier alpha value is -1.66. The predicted molar refractivity (Wildman–Crippen MR) is 69.6 cm³/mol. The Morgan fingerprint density at radius 3 is 2.84 bits per heavy atom. The summed E-state index contributed by atoms with van der Waals surface area (Å²) in [5, 5.41) is 12.3. The van der Waals surface area contributed by atoms with Crippen molar-refractivity contribution >= 4 is 11.8 Å². The van der Waals surface area contributed by atoms with E-state index < -0.39 is 11.5 Å². The minimum Gasteiger partial charge on any atom is -0.387 e. The maximum atomic E-state index is 11.7. The van der Waals surface area contributed by atoms with Crippen molar-refractivity contribution in [2.45, 2.75) is 25.4 Å². The minimum absolute atomic E-state index is 0.137. The van der Waals surface area contributed by atoms with Crippen LogP contribution in [0.5, 0.6) is 0 Å². The second-order valence-corrected chi connectivity index (χ2v) is 5.08. The van der Waals surface area contributed by atoms with E-state index in [0.717, 1.165) is 12.8 Å². The van der Waals surface area contributed by atoms with E-state index in [1.807, 2.05) is 11.8 Å².